The molecule has 10 heteroatoms. The SMILES string of the molecule is O=C(O)c1ccc(C(=O)OCC(OC(=O)c2cccc(C(=O)O)c2)C(O)CCCO)cc1. The second-order valence-corrected chi connectivity index (χ2v) is 6.74. The van der Waals surface area contributed by atoms with Crippen LogP contribution < -0.4 is 0 Å². The van der Waals surface area contributed by atoms with Crippen LogP contribution in [0.15, 0.2) is 48.5 Å². The maximum Gasteiger partial charge on any atom is 0.338 e. The molecule has 170 valence electrons. The molecule has 0 bridgehead atoms. The van der Waals surface area contributed by atoms with Crippen molar-refractivity contribution >= 4 is 23.9 Å². The zero-order chi connectivity index (χ0) is 23.7. The van der Waals surface area contributed by atoms with Crippen LogP contribution in [0, 0.1) is 0 Å². The van der Waals surface area contributed by atoms with E-state index in [4.69, 9.17) is 24.8 Å². The van der Waals surface area contributed by atoms with Crippen LogP contribution >= 0.6 is 0 Å². The molecule has 0 aliphatic heterocycles. The molecule has 2 aromatic carbocycles. The fraction of sp³-hybridized carbons (Fsp3) is 0.273. The number of carboxylic acid groups (broad SMARTS) is 2. The smallest absolute Gasteiger partial charge is 0.338 e. The number of aliphatic hydroxyl groups excluding tert-OH is 2. The summed E-state index contributed by atoms with van der Waals surface area (Å²) in [5.74, 6) is -4.15. The average Bonchev–Trinajstić information content (AvgIpc) is 2.79. The van der Waals surface area contributed by atoms with Gasteiger partial charge in [-0.1, -0.05) is 6.07 Å². The summed E-state index contributed by atoms with van der Waals surface area (Å²) in [6.45, 7) is -0.732. The third kappa shape index (κ3) is 6.89. The highest BCUT2D eigenvalue weighted by atomic mass is 16.6. The van der Waals surface area contributed by atoms with Gasteiger partial charge in [-0.2, -0.15) is 0 Å². The van der Waals surface area contributed by atoms with E-state index in [-0.39, 0.29) is 41.7 Å². The lowest BCUT2D eigenvalue weighted by Crippen LogP contribution is -2.36. The average molecular weight is 446 g/mol. The van der Waals surface area contributed by atoms with E-state index >= 15 is 0 Å². The fourth-order valence-electron chi connectivity index (χ4n) is 2.68. The molecule has 2 aromatic rings. The summed E-state index contributed by atoms with van der Waals surface area (Å²) in [7, 11) is 0. The zero-order valence-corrected chi connectivity index (χ0v) is 16.8. The Balaban J connectivity index is 2.10. The van der Waals surface area contributed by atoms with Crippen LogP contribution in [-0.4, -0.2) is 69.7 Å². The lowest BCUT2D eigenvalue weighted by Gasteiger charge is -2.23. The van der Waals surface area contributed by atoms with Crippen molar-refractivity contribution in [1.82, 2.24) is 0 Å². The van der Waals surface area contributed by atoms with Crippen LogP contribution in [0.1, 0.15) is 54.3 Å². The normalized spacial score (nSPS) is 12.4. The number of carboxylic acids is 2. The Morgan fingerprint density at radius 3 is 2.00 bits per heavy atom. The van der Waals surface area contributed by atoms with Gasteiger partial charge in [0, 0.05) is 6.61 Å². The number of aliphatic hydroxyl groups is 2. The molecule has 0 heterocycles. The minimum Gasteiger partial charge on any atom is -0.478 e. The Morgan fingerprint density at radius 1 is 0.812 bits per heavy atom. The first-order chi connectivity index (χ1) is 15.2. The topological polar surface area (TPSA) is 168 Å². The molecule has 32 heavy (non-hydrogen) atoms. The molecule has 2 atom stereocenters. The minimum absolute atomic E-state index is 0.0172. The molecule has 0 aliphatic rings. The molecule has 0 aliphatic carbocycles. The Kier molecular flexibility index (Phi) is 8.87. The lowest BCUT2D eigenvalue weighted by atomic mass is 10.1. The van der Waals surface area contributed by atoms with E-state index < -0.39 is 42.7 Å². The number of hydrogen-bond acceptors (Lipinski definition) is 8. The predicted octanol–water partition coefficient (Wildman–Crippen LogP) is 1.60. The molecule has 2 rings (SSSR count). The van der Waals surface area contributed by atoms with Gasteiger partial charge in [0.05, 0.1) is 28.4 Å². The van der Waals surface area contributed by atoms with Crippen molar-refractivity contribution in [1.29, 1.82) is 0 Å². The number of rotatable bonds is 11. The van der Waals surface area contributed by atoms with Crippen molar-refractivity contribution in [3.63, 3.8) is 0 Å². The Labute approximate surface area is 182 Å². The van der Waals surface area contributed by atoms with Gasteiger partial charge in [-0.15, -0.1) is 0 Å². The largest absolute Gasteiger partial charge is 0.478 e. The number of esters is 2. The molecule has 2 unspecified atom stereocenters. The molecular formula is C22H22O10. The van der Waals surface area contributed by atoms with Gasteiger partial charge < -0.3 is 29.9 Å². The van der Waals surface area contributed by atoms with Crippen molar-refractivity contribution < 1.29 is 49.1 Å². The Hall–Kier alpha value is -3.76. The summed E-state index contributed by atoms with van der Waals surface area (Å²) in [5, 5.41) is 37.2. The third-order valence-corrected chi connectivity index (χ3v) is 4.44. The highest BCUT2D eigenvalue weighted by Crippen LogP contribution is 2.14. The first-order valence-corrected chi connectivity index (χ1v) is 9.56. The molecule has 10 nitrogen and oxygen atoms in total. The standard InChI is InChI=1S/C22H22O10/c23-10-2-5-17(24)18(32-22(30)16-4-1-3-15(11-16)20(27)28)12-31-21(29)14-8-6-13(7-9-14)19(25)26/h1,3-4,6-9,11,17-18,23-24H,2,5,10,12H2,(H,25,26)(H,27,28). The van der Waals surface area contributed by atoms with E-state index in [1.54, 1.807) is 0 Å². The summed E-state index contributed by atoms with van der Waals surface area (Å²) in [6, 6.07) is 10.1. The number of aromatic carboxylic acids is 2. The molecule has 0 saturated heterocycles. The maximum absolute atomic E-state index is 12.5. The van der Waals surface area contributed by atoms with E-state index in [1.165, 1.54) is 42.5 Å². The van der Waals surface area contributed by atoms with Gasteiger partial charge in [0.15, 0.2) is 6.10 Å². The van der Waals surface area contributed by atoms with Crippen molar-refractivity contribution in [3.05, 3.63) is 70.8 Å². The fourth-order valence-corrected chi connectivity index (χ4v) is 2.68. The first-order valence-electron chi connectivity index (χ1n) is 9.56. The van der Waals surface area contributed by atoms with Gasteiger partial charge in [0.1, 0.15) is 6.61 Å². The predicted molar refractivity (Wildman–Crippen MR) is 109 cm³/mol. The number of benzene rings is 2. The van der Waals surface area contributed by atoms with Crippen molar-refractivity contribution in [2.45, 2.75) is 25.0 Å². The number of carbonyl (C=O) groups excluding carboxylic acids is 2. The van der Waals surface area contributed by atoms with E-state index in [2.05, 4.69) is 0 Å². The summed E-state index contributed by atoms with van der Waals surface area (Å²) < 4.78 is 10.4. The molecule has 0 spiro atoms. The van der Waals surface area contributed by atoms with Gasteiger partial charge in [0.2, 0.25) is 0 Å². The van der Waals surface area contributed by atoms with Crippen LogP contribution in [0.4, 0.5) is 0 Å². The lowest BCUT2D eigenvalue weighted by molar-refractivity contribution is -0.0504. The van der Waals surface area contributed by atoms with Gasteiger partial charge in [-0.05, 0) is 55.3 Å². The van der Waals surface area contributed by atoms with Gasteiger partial charge in [-0.25, -0.2) is 19.2 Å². The second kappa shape index (κ2) is 11.6. The van der Waals surface area contributed by atoms with E-state index in [0.717, 1.165) is 6.07 Å². The van der Waals surface area contributed by atoms with E-state index in [1.807, 2.05) is 0 Å². The van der Waals surface area contributed by atoms with Crippen LogP contribution in [0.5, 0.6) is 0 Å². The third-order valence-electron chi connectivity index (χ3n) is 4.44. The van der Waals surface area contributed by atoms with Crippen molar-refractivity contribution in [2.75, 3.05) is 13.2 Å². The van der Waals surface area contributed by atoms with Gasteiger partial charge >= 0.3 is 23.9 Å². The van der Waals surface area contributed by atoms with Crippen LogP contribution in [0.3, 0.4) is 0 Å². The number of ether oxygens (including phenoxy) is 2. The molecular weight excluding hydrogens is 424 g/mol. The Morgan fingerprint density at radius 2 is 1.41 bits per heavy atom. The molecule has 0 amide bonds. The summed E-state index contributed by atoms with van der Waals surface area (Å²) in [4.78, 5) is 46.7. The van der Waals surface area contributed by atoms with Crippen LogP contribution in [0.25, 0.3) is 0 Å². The van der Waals surface area contributed by atoms with E-state index in [9.17, 15) is 24.3 Å². The summed E-state index contributed by atoms with van der Waals surface area (Å²) >= 11 is 0. The number of hydrogen-bond donors (Lipinski definition) is 4. The molecule has 0 saturated carbocycles. The monoisotopic (exact) mass is 446 g/mol. The first kappa shape index (κ1) is 24.5. The van der Waals surface area contributed by atoms with E-state index in [0.29, 0.717) is 0 Å². The van der Waals surface area contributed by atoms with Gasteiger partial charge in [-0.3, -0.25) is 0 Å². The molecule has 0 fully saturated rings. The quantitative estimate of drug-likeness (QED) is 0.372. The van der Waals surface area contributed by atoms with Crippen molar-refractivity contribution in [3.8, 4) is 0 Å². The van der Waals surface area contributed by atoms with Crippen LogP contribution in [-0.2, 0) is 9.47 Å². The maximum atomic E-state index is 12.5. The highest BCUT2D eigenvalue weighted by molar-refractivity contribution is 5.95. The van der Waals surface area contributed by atoms with Crippen molar-refractivity contribution in [2.24, 2.45) is 0 Å². The molecule has 0 aromatic heterocycles. The number of carbonyl (C=O) groups is 4. The van der Waals surface area contributed by atoms with Gasteiger partial charge in [0.25, 0.3) is 0 Å². The molecule has 0 radical (unpaired) electrons. The Bertz CT molecular complexity index is 967. The van der Waals surface area contributed by atoms with Crippen LogP contribution in [0.2, 0.25) is 0 Å². The zero-order valence-electron chi connectivity index (χ0n) is 16.8. The molecule has 4 N–H and O–H groups in total. The minimum atomic E-state index is -1.29. The second-order valence-electron chi connectivity index (χ2n) is 6.74. The summed E-state index contributed by atoms with van der Waals surface area (Å²) in [5.41, 5.74) is -0.164. The summed E-state index contributed by atoms with van der Waals surface area (Å²) in [6.07, 6.45) is -2.30. The highest BCUT2D eigenvalue weighted by Gasteiger charge is 2.26.